The normalized spacial score (nSPS) is 25.4. The Balaban J connectivity index is 1.91. The molecule has 1 N–H and O–H groups in total. The lowest BCUT2D eigenvalue weighted by Gasteiger charge is -2.25. The van der Waals surface area contributed by atoms with Gasteiger partial charge in [0.05, 0.1) is 5.02 Å². The zero-order chi connectivity index (χ0) is 11.5. The fourth-order valence-corrected chi connectivity index (χ4v) is 3.20. The second-order valence-electron chi connectivity index (χ2n) is 4.02. The van der Waals surface area contributed by atoms with Gasteiger partial charge in [-0.2, -0.15) is 0 Å². The van der Waals surface area contributed by atoms with Gasteiger partial charge < -0.3 is 5.32 Å². The minimum atomic E-state index is -0.0574. The predicted octanol–water partition coefficient (Wildman–Crippen LogP) is 3.68. The van der Waals surface area contributed by atoms with Gasteiger partial charge in [-0.25, -0.2) is 0 Å². The third-order valence-electron chi connectivity index (χ3n) is 2.82. The van der Waals surface area contributed by atoms with Gasteiger partial charge >= 0.3 is 0 Å². The summed E-state index contributed by atoms with van der Waals surface area (Å²) >= 11 is 13.3. The average molecular weight is 278 g/mol. The fourth-order valence-electron chi connectivity index (χ4n) is 1.90. The van der Waals surface area contributed by atoms with E-state index in [2.05, 4.69) is 5.32 Å². The van der Waals surface area contributed by atoms with Crippen LogP contribution in [-0.2, 0) is 0 Å². The van der Waals surface area contributed by atoms with Crippen molar-refractivity contribution in [2.45, 2.75) is 37.1 Å². The van der Waals surface area contributed by atoms with Gasteiger partial charge in [-0.1, -0.05) is 11.6 Å². The van der Waals surface area contributed by atoms with Crippen molar-refractivity contribution in [1.82, 2.24) is 5.32 Å². The summed E-state index contributed by atoms with van der Waals surface area (Å²) in [5.41, 5.74) is 0. The van der Waals surface area contributed by atoms with Gasteiger partial charge in [-0.3, -0.25) is 4.79 Å². The van der Waals surface area contributed by atoms with E-state index in [4.69, 9.17) is 23.2 Å². The molecule has 1 aromatic rings. The Bertz CT molecular complexity index is 372. The zero-order valence-electron chi connectivity index (χ0n) is 8.71. The molecular weight excluding hydrogens is 265 g/mol. The minimum Gasteiger partial charge on any atom is -0.349 e. The smallest absolute Gasteiger partial charge is 0.263 e. The van der Waals surface area contributed by atoms with Gasteiger partial charge in [0.25, 0.3) is 5.91 Å². The molecule has 0 saturated heterocycles. The minimum absolute atomic E-state index is 0.0574. The van der Waals surface area contributed by atoms with Crippen molar-refractivity contribution in [2.75, 3.05) is 0 Å². The molecule has 0 bridgehead atoms. The summed E-state index contributed by atoms with van der Waals surface area (Å²) in [5, 5.41) is 5.65. The quantitative estimate of drug-likeness (QED) is 0.821. The van der Waals surface area contributed by atoms with Crippen LogP contribution in [0.2, 0.25) is 5.02 Å². The van der Waals surface area contributed by atoms with E-state index >= 15 is 0 Å². The first kappa shape index (κ1) is 12.2. The molecule has 1 amide bonds. The highest BCUT2D eigenvalue weighted by molar-refractivity contribution is 7.12. The summed E-state index contributed by atoms with van der Waals surface area (Å²) in [4.78, 5) is 12.5. The molecule has 1 saturated carbocycles. The van der Waals surface area contributed by atoms with Gasteiger partial charge in [0.2, 0.25) is 0 Å². The highest BCUT2D eigenvalue weighted by Crippen LogP contribution is 2.25. The van der Waals surface area contributed by atoms with E-state index in [0.717, 1.165) is 25.7 Å². The van der Waals surface area contributed by atoms with Crippen molar-refractivity contribution in [3.8, 4) is 0 Å². The Morgan fingerprint density at radius 1 is 1.38 bits per heavy atom. The van der Waals surface area contributed by atoms with Crippen LogP contribution in [0, 0.1) is 0 Å². The van der Waals surface area contributed by atoms with E-state index < -0.39 is 0 Å². The van der Waals surface area contributed by atoms with Crippen LogP contribution in [0.3, 0.4) is 0 Å². The lowest BCUT2D eigenvalue weighted by Crippen LogP contribution is -2.37. The average Bonchev–Trinajstić information content (AvgIpc) is 2.68. The molecule has 0 aromatic carbocycles. The van der Waals surface area contributed by atoms with E-state index in [1.807, 2.05) is 5.38 Å². The lowest BCUT2D eigenvalue weighted by molar-refractivity contribution is 0.0932. The van der Waals surface area contributed by atoms with Crippen molar-refractivity contribution in [1.29, 1.82) is 0 Å². The molecule has 1 aliphatic carbocycles. The predicted molar refractivity (Wildman–Crippen MR) is 68.7 cm³/mol. The number of halogens is 2. The second kappa shape index (κ2) is 5.39. The van der Waals surface area contributed by atoms with E-state index in [1.54, 1.807) is 6.07 Å². The van der Waals surface area contributed by atoms with Crippen LogP contribution in [0.4, 0.5) is 0 Å². The molecule has 0 aliphatic heterocycles. The molecule has 5 heteroatoms. The highest BCUT2D eigenvalue weighted by atomic mass is 35.5. The number of alkyl halides is 1. The molecule has 0 atom stereocenters. The maximum Gasteiger partial charge on any atom is 0.263 e. The Morgan fingerprint density at radius 2 is 2.06 bits per heavy atom. The third-order valence-corrected chi connectivity index (χ3v) is 4.59. The van der Waals surface area contributed by atoms with E-state index in [9.17, 15) is 4.79 Å². The molecule has 1 aliphatic rings. The number of hydrogen-bond donors (Lipinski definition) is 1. The van der Waals surface area contributed by atoms with Gasteiger partial charge in [0, 0.05) is 11.4 Å². The number of nitrogens with one attached hydrogen (secondary N) is 1. The van der Waals surface area contributed by atoms with Crippen LogP contribution in [0.1, 0.15) is 35.4 Å². The van der Waals surface area contributed by atoms with Crippen LogP contribution < -0.4 is 5.32 Å². The fraction of sp³-hybridized carbons (Fsp3) is 0.545. The standard InChI is InChI=1S/C11H13Cl2NOS/c12-7-1-3-8(4-2-7)14-11(15)10-9(13)5-6-16-10/h5-8H,1-4H2,(H,14,15). The maximum atomic E-state index is 11.9. The van der Waals surface area contributed by atoms with Crippen molar-refractivity contribution < 1.29 is 4.79 Å². The lowest BCUT2D eigenvalue weighted by atomic mass is 9.95. The number of thiophene rings is 1. The summed E-state index contributed by atoms with van der Waals surface area (Å²) < 4.78 is 0. The van der Waals surface area contributed by atoms with Gasteiger partial charge in [-0.15, -0.1) is 22.9 Å². The third kappa shape index (κ3) is 2.90. The van der Waals surface area contributed by atoms with E-state index in [1.165, 1.54) is 11.3 Å². The van der Waals surface area contributed by atoms with E-state index in [0.29, 0.717) is 9.90 Å². The Hall–Kier alpha value is -0.250. The molecule has 0 radical (unpaired) electrons. The molecule has 1 heterocycles. The van der Waals surface area contributed by atoms with Crippen molar-refractivity contribution in [2.24, 2.45) is 0 Å². The van der Waals surface area contributed by atoms with Crippen LogP contribution in [0.5, 0.6) is 0 Å². The zero-order valence-corrected chi connectivity index (χ0v) is 11.0. The number of carbonyl (C=O) groups is 1. The first-order valence-electron chi connectivity index (χ1n) is 5.34. The topological polar surface area (TPSA) is 29.1 Å². The van der Waals surface area contributed by atoms with Crippen molar-refractivity contribution >= 4 is 40.4 Å². The summed E-state index contributed by atoms with van der Waals surface area (Å²) in [6, 6.07) is 2.00. The monoisotopic (exact) mass is 277 g/mol. The summed E-state index contributed by atoms with van der Waals surface area (Å²) in [5.74, 6) is -0.0574. The first-order chi connectivity index (χ1) is 7.66. The number of amides is 1. The van der Waals surface area contributed by atoms with Gasteiger partial charge in [0.1, 0.15) is 4.88 Å². The number of carbonyl (C=O) groups excluding carboxylic acids is 1. The van der Waals surface area contributed by atoms with Crippen LogP contribution in [0.15, 0.2) is 11.4 Å². The molecule has 2 rings (SSSR count). The summed E-state index contributed by atoms with van der Waals surface area (Å²) in [7, 11) is 0. The number of hydrogen-bond acceptors (Lipinski definition) is 2. The Morgan fingerprint density at radius 3 is 2.62 bits per heavy atom. The molecule has 0 spiro atoms. The SMILES string of the molecule is O=C(NC1CCC(Cl)CC1)c1sccc1Cl. The second-order valence-corrected chi connectivity index (χ2v) is 5.96. The van der Waals surface area contributed by atoms with Crippen LogP contribution in [0.25, 0.3) is 0 Å². The van der Waals surface area contributed by atoms with Crippen molar-refractivity contribution in [3.63, 3.8) is 0 Å². The number of rotatable bonds is 2. The van der Waals surface area contributed by atoms with E-state index in [-0.39, 0.29) is 17.3 Å². The molecular formula is C11H13Cl2NOS. The molecule has 1 aromatic heterocycles. The molecule has 88 valence electrons. The molecule has 2 nitrogen and oxygen atoms in total. The van der Waals surface area contributed by atoms with Crippen molar-refractivity contribution in [3.05, 3.63) is 21.3 Å². The largest absolute Gasteiger partial charge is 0.349 e. The van der Waals surface area contributed by atoms with Crippen LogP contribution >= 0.6 is 34.5 Å². The Kier molecular flexibility index (Phi) is 4.11. The van der Waals surface area contributed by atoms with Gasteiger partial charge in [0.15, 0.2) is 0 Å². The highest BCUT2D eigenvalue weighted by Gasteiger charge is 2.22. The first-order valence-corrected chi connectivity index (χ1v) is 7.04. The van der Waals surface area contributed by atoms with Crippen LogP contribution in [-0.4, -0.2) is 17.3 Å². The molecule has 0 unspecified atom stereocenters. The summed E-state index contributed by atoms with van der Waals surface area (Å²) in [6.07, 6.45) is 3.88. The van der Waals surface area contributed by atoms with Gasteiger partial charge in [-0.05, 0) is 37.1 Å². The Labute approximate surface area is 109 Å². The summed E-state index contributed by atoms with van der Waals surface area (Å²) in [6.45, 7) is 0. The maximum absolute atomic E-state index is 11.9. The molecule has 16 heavy (non-hydrogen) atoms. The molecule has 1 fully saturated rings.